The van der Waals surface area contributed by atoms with Gasteiger partial charge in [0.2, 0.25) is 0 Å². The number of aliphatic hydroxyl groups excluding tert-OH is 3. The second kappa shape index (κ2) is 4.15. The molecule has 1 heterocycles. The van der Waals surface area contributed by atoms with E-state index in [1.54, 1.807) is 0 Å². The Bertz CT molecular complexity index is 193. The average Bonchev–Trinajstić information content (AvgIpc) is 2.32. The van der Waals surface area contributed by atoms with Crippen LogP contribution in [0, 0.1) is 0 Å². The van der Waals surface area contributed by atoms with Crippen molar-refractivity contribution in [3.8, 4) is 0 Å². The van der Waals surface area contributed by atoms with Crippen LogP contribution in [-0.4, -0.2) is 52.1 Å². The molecule has 0 unspecified atom stereocenters. The third-order valence-corrected chi connectivity index (χ3v) is 2.13. The van der Waals surface area contributed by atoms with Gasteiger partial charge in [0.25, 0.3) is 0 Å². The van der Waals surface area contributed by atoms with Gasteiger partial charge in [-0.1, -0.05) is 0 Å². The number of ketones is 1. The predicted molar refractivity (Wildman–Crippen MR) is 43.1 cm³/mol. The van der Waals surface area contributed by atoms with Gasteiger partial charge in [-0.25, -0.2) is 0 Å². The normalized spacial score (nSPS) is 39.4. The molecule has 1 aliphatic heterocycles. The number of ether oxygens (including phenoxy) is 1. The zero-order valence-electron chi connectivity index (χ0n) is 7.38. The molecular weight excluding hydrogens is 176 g/mol. The van der Waals surface area contributed by atoms with Gasteiger partial charge in [0.05, 0.1) is 12.7 Å². The second-order valence-corrected chi connectivity index (χ2v) is 3.28. The molecule has 3 N–H and O–H groups in total. The van der Waals surface area contributed by atoms with E-state index in [1.807, 2.05) is 0 Å². The summed E-state index contributed by atoms with van der Waals surface area (Å²) < 4.78 is 5.08. The molecule has 1 rings (SSSR count). The summed E-state index contributed by atoms with van der Waals surface area (Å²) in [5.74, 6) is -0.116. The zero-order valence-corrected chi connectivity index (χ0v) is 7.38. The van der Waals surface area contributed by atoms with E-state index in [0.717, 1.165) is 0 Å². The van der Waals surface area contributed by atoms with Crippen molar-refractivity contribution in [1.29, 1.82) is 0 Å². The quantitative estimate of drug-likeness (QED) is 0.501. The zero-order chi connectivity index (χ0) is 10.0. The van der Waals surface area contributed by atoms with Gasteiger partial charge in [0, 0.05) is 6.42 Å². The molecule has 1 fully saturated rings. The van der Waals surface area contributed by atoms with Crippen molar-refractivity contribution < 1.29 is 24.9 Å². The van der Waals surface area contributed by atoms with Gasteiger partial charge < -0.3 is 20.1 Å². The first-order valence-electron chi connectivity index (χ1n) is 4.18. The Morgan fingerprint density at radius 1 is 1.31 bits per heavy atom. The number of Topliss-reactive ketones (excluding diaryl/α,β-unsaturated/α-hetero) is 1. The maximum Gasteiger partial charge on any atom is 0.132 e. The van der Waals surface area contributed by atoms with Gasteiger partial charge in [0.1, 0.15) is 24.1 Å². The van der Waals surface area contributed by atoms with E-state index in [4.69, 9.17) is 9.84 Å². The van der Waals surface area contributed by atoms with Crippen molar-refractivity contribution in [1.82, 2.24) is 0 Å². The lowest BCUT2D eigenvalue weighted by atomic mass is 10.0. The summed E-state index contributed by atoms with van der Waals surface area (Å²) in [6, 6.07) is 0. The highest BCUT2D eigenvalue weighted by molar-refractivity contribution is 5.76. The smallest absolute Gasteiger partial charge is 0.132 e. The van der Waals surface area contributed by atoms with Crippen LogP contribution in [0.15, 0.2) is 0 Å². The van der Waals surface area contributed by atoms with Crippen LogP contribution in [-0.2, 0) is 9.53 Å². The van der Waals surface area contributed by atoms with Gasteiger partial charge in [-0.05, 0) is 6.92 Å². The minimum Gasteiger partial charge on any atom is -0.394 e. The first kappa shape index (κ1) is 10.6. The van der Waals surface area contributed by atoms with E-state index in [1.165, 1.54) is 6.92 Å². The van der Waals surface area contributed by atoms with Crippen LogP contribution in [0.1, 0.15) is 13.3 Å². The topological polar surface area (TPSA) is 87.0 Å². The minimum atomic E-state index is -1.10. The molecule has 5 heteroatoms. The Balaban J connectivity index is 2.55. The summed E-state index contributed by atoms with van der Waals surface area (Å²) in [4.78, 5) is 10.7. The lowest BCUT2D eigenvalue weighted by Crippen LogP contribution is -2.34. The SMILES string of the molecule is CC(=O)C[C@H]1O[C@@H](CO)[C@H](O)[C@H]1O. The molecule has 13 heavy (non-hydrogen) atoms. The minimum absolute atomic E-state index is 0.0642. The third kappa shape index (κ3) is 2.25. The van der Waals surface area contributed by atoms with Crippen molar-refractivity contribution in [2.24, 2.45) is 0 Å². The Labute approximate surface area is 75.9 Å². The molecule has 5 nitrogen and oxygen atoms in total. The van der Waals surface area contributed by atoms with Gasteiger partial charge in [-0.15, -0.1) is 0 Å². The molecule has 0 saturated carbocycles. The molecule has 0 radical (unpaired) electrons. The predicted octanol–water partition coefficient (Wildman–Crippen LogP) is -1.55. The van der Waals surface area contributed by atoms with Crippen molar-refractivity contribution in [3.05, 3.63) is 0 Å². The number of rotatable bonds is 3. The molecule has 1 aliphatic rings. The van der Waals surface area contributed by atoms with Crippen LogP contribution >= 0.6 is 0 Å². The van der Waals surface area contributed by atoms with Crippen molar-refractivity contribution in [2.75, 3.05) is 6.61 Å². The molecule has 0 bridgehead atoms. The highest BCUT2D eigenvalue weighted by Gasteiger charge is 2.42. The molecule has 0 aromatic rings. The van der Waals surface area contributed by atoms with E-state index in [2.05, 4.69) is 0 Å². The third-order valence-electron chi connectivity index (χ3n) is 2.13. The van der Waals surface area contributed by atoms with Gasteiger partial charge in [0.15, 0.2) is 0 Å². The molecular formula is C8H14O5. The van der Waals surface area contributed by atoms with Crippen LogP contribution < -0.4 is 0 Å². The van der Waals surface area contributed by atoms with Crippen molar-refractivity contribution >= 4 is 5.78 Å². The standard InChI is InChI=1S/C8H14O5/c1-4(10)2-5-7(11)8(12)6(3-9)13-5/h5-9,11-12H,2-3H2,1H3/t5-,6+,7+,8+/m1/s1. The number of carbonyl (C=O) groups is 1. The van der Waals surface area contributed by atoms with Gasteiger partial charge >= 0.3 is 0 Å². The summed E-state index contributed by atoms with van der Waals surface area (Å²) in [7, 11) is 0. The molecule has 0 spiro atoms. The van der Waals surface area contributed by atoms with Crippen molar-refractivity contribution in [2.45, 2.75) is 37.8 Å². The fourth-order valence-corrected chi connectivity index (χ4v) is 1.43. The summed E-state index contributed by atoms with van der Waals surface area (Å²) >= 11 is 0. The summed E-state index contributed by atoms with van der Waals surface area (Å²) in [6.45, 7) is 1.03. The largest absolute Gasteiger partial charge is 0.394 e. The molecule has 0 amide bonds. The lowest BCUT2D eigenvalue weighted by molar-refractivity contribution is -0.121. The van der Waals surface area contributed by atoms with Crippen molar-refractivity contribution in [3.63, 3.8) is 0 Å². The number of hydrogen-bond acceptors (Lipinski definition) is 5. The van der Waals surface area contributed by atoms with Crippen LogP contribution in [0.3, 0.4) is 0 Å². The fraction of sp³-hybridized carbons (Fsp3) is 0.875. The Morgan fingerprint density at radius 2 is 1.85 bits per heavy atom. The molecule has 1 saturated heterocycles. The van der Waals surface area contributed by atoms with E-state index in [0.29, 0.717) is 0 Å². The number of aliphatic hydroxyl groups is 3. The Kier molecular flexibility index (Phi) is 3.38. The molecule has 0 aliphatic carbocycles. The van der Waals surface area contributed by atoms with Crippen LogP contribution in [0.5, 0.6) is 0 Å². The second-order valence-electron chi connectivity index (χ2n) is 3.28. The number of carbonyl (C=O) groups excluding carboxylic acids is 1. The summed E-state index contributed by atoms with van der Waals surface area (Å²) in [6.07, 6.45) is -3.59. The summed E-state index contributed by atoms with van der Waals surface area (Å²) in [5.41, 5.74) is 0. The first-order valence-corrected chi connectivity index (χ1v) is 4.18. The Hall–Kier alpha value is -0.490. The highest BCUT2D eigenvalue weighted by atomic mass is 16.6. The average molecular weight is 190 g/mol. The molecule has 0 aromatic carbocycles. The van der Waals surface area contributed by atoms with Gasteiger partial charge in [-0.2, -0.15) is 0 Å². The van der Waals surface area contributed by atoms with E-state index >= 15 is 0 Å². The number of hydrogen-bond donors (Lipinski definition) is 3. The first-order chi connectivity index (χ1) is 6.06. The van der Waals surface area contributed by atoms with Crippen LogP contribution in [0.4, 0.5) is 0 Å². The van der Waals surface area contributed by atoms with Crippen LogP contribution in [0.2, 0.25) is 0 Å². The Morgan fingerprint density at radius 3 is 2.23 bits per heavy atom. The molecule has 0 aromatic heterocycles. The van der Waals surface area contributed by atoms with Gasteiger partial charge in [-0.3, -0.25) is 4.79 Å². The maximum absolute atomic E-state index is 10.7. The molecule has 76 valence electrons. The lowest BCUT2D eigenvalue weighted by Gasteiger charge is -2.11. The summed E-state index contributed by atoms with van der Waals surface area (Å²) in [5, 5.41) is 27.4. The fourth-order valence-electron chi connectivity index (χ4n) is 1.43. The maximum atomic E-state index is 10.7. The highest BCUT2D eigenvalue weighted by Crippen LogP contribution is 2.23. The van der Waals surface area contributed by atoms with E-state index < -0.39 is 24.4 Å². The molecule has 4 atom stereocenters. The van der Waals surface area contributed by atoms with E-state index in [9.17, 15) is 15.0 Å². The monoisotopic (exact) mass is 190 g/mol. The van der Waals surface area contributed by atoms with Crippen LogP contribution in [0.25, 0.3) is 0 Å². The van der Waals surface area contributed by atoms with E-state index in [-0.39, 0.29) is 18.8 Å².